The molecule has 25 heavy (non-hydrogen) atoms. The zero-order valence-electron chi connectivity index (χ0n) is 14.7. The number of hydrogen-bond acceptors (Lipinski definition) is 1. The summed E-state index contributed by atoms with van der Waals surface area (Å²) in [4.78, 5) is 11.4. The molecule has 3 heteroatoms. The third-order valence-electron chi connectivity index (χ3n) is 5.55. The summed E-state index contributed by atoms with van der Waals surface area (Å²) >= 11 is 0. The fourth-order valence-electron chi connectivity index (χ4n) is 4.10. The van der Waals surface area contributed by atoms with Crippen LogP contribution in [0.1, 0.15) is 46.1 Å². The monoisotopic (exact) mass is 333 g/mol. The van der Waals surface area contributed by atoms with Crippen molar-refractivity contribution in [2.75, 3.05) is 0 Å². The van der Waals surface area contributed by atoms with Crippen molar-refractivity contribution in [1.82, 2.24) is 4.57 Å². The van der Waals surface area contributed by atoms with E-state index in [2.05, 4.69) is 42.7 Å². The van der Waals surface area contributed by atoms with Gasteiger partial charge < -0.3 is 9.67 Å². The van der Waals surface area contributed by atoms with Crippen LogP contribution >= 0.6 is 0 Å². The SMILES string of the molecule is Cc1ccccc1Cn1c2c(c3cc(C(=O)O)ccc31)CC(C)CC2. The first-order chi connectivity index (χ1) is 12.0. The van der Waals surface area contributed by atoms with Crippen LogP contribution in [0, 0.1) is 12.8 Å². The van der Waals surface area contributed by atoms with E-state index in [-0.39, 0.29) is 0 Å². The van der Waals surface area contributed by atoms with Crippen LogP contribution in [0.2, 0.25) is 0 Å². The van der Waals surface area contributed by atoms with Gasteiger partial charge in [0.15, 0.2) is 0 Å². The van der Waals surface area contributed by atoms with Crippen molar-refractivity contribution in [3.05, 3.63) is 70.4 Å². The second-order valence-corrected chi connectivity index (χ2v) is 7.32. The number of rotatable bonds is 3. The number of nitrogens with zero attached hydrogens (tertiary/aromatic N) is 1. The molecule has 0 radical (unpaired) electrons. The lowest BCUT2D eigenvalue weighted by Gasteiger charge is -2.21. The highest BCUT2D eigenvalue weighted by Gasteiger charge is 2.24. The Morgan fingerprint density at radius 1 is 1.24 bits per heavy atom. The number of carboxylic acids is 1. The standard InChI is InChI=1S/C22H23NO2/c1-14-7-9-20-18(11-14)19-12-16(22(24)25)8-10-21(19)23(20)13-17-6-4-3-5-15(17)2/h3-6,8,10,12,14H,7,9,11,13H2,1-2H3,(H,24,25). The Morgan fingerprint density at radius 3 is 2.80 bits per heavy atom. The summed E-state index contributed by atoms with van der Waals surface area (Å²) < 4.78 is 2.41. The van der Waals surface area contributed by atoms with E-state index in [1.807, 2.05) is 12.1 Å². The first-order valence-corrected chi connectivity index (χ1v) is 8.96. The Morgan fingerprint density at radius 2 is 2.04 bits per heavy atom. The van der Waals surface area contributed by atoms with Crippen LogP contribution in [-0.2, 0) is 19.4 Å². The Kier molecular flexibility index (Phi) is 3.87. The van der Waals surface area contributed by atoms with E-state index in [0.29, 0.717) is 11.5 Å². The minimum absolute atomic E-state index is 0.376. The zero-order valence-corrected chi connectivity index (χ0v) is 14.7. The highest BCUT2D eigenvalue weighted by Crippen LogP contribution is 2.35. The van der Waals surface area contributed by atoms with Gasteiger partial charge in [0.05, 0.1) is 5.56 Å². The average molecular weight is 333 g/mol. The molecule has 1 aliphatic carbocycles. The van der Waals surface area contributed by atoms with E-state index in [9.17, 15) is 9.90 Å². The lowest BCUT2D eigenvalue weighted by atomic mass is 9.87. The van der Waals surface area contributed by atoms with Crippen molar-refractivity contribution < 1.29 is 9.90 Å². The summed E-state index contributed by atoms with van der Waals surface area (Å²) in [5.74, 6) is -0.204. The second-order valence-electron chi connectivity index (χ2n) is 7.32. The van der Waals surface area contributed by atoms with Gasteiger partial charge in [0, 0.05) is 23.1 Å². The van der Waals surface area contributed by atoms with Crippen LogP contribution in [0.25, 0.3) is 10.9 Å². The number of aromatic nitrogens is 1. The van der Waals surface area contributed by atoms with Crippen LogP contribution in [0.4, 0.5) is 0 Å². The van der Waals surface area contributed by atoms with E-state index >= 15 is 0 Å². The molecule has 1 aromatic heterocycles. The van der Waals surface area contributed by atoms with Gasteiger partial charge >= 0.3 is 5.97 Å². The molecule has 0 amide bonds. The largest absolute Gasteiger partial charge is 0.478 e. The summed E-state index contributed by atoms with van der Waals surface area (Å²) in [7, 11) is 0. The number of carboxylic acid groups (broad SMARTS) is 1. The molecule has 3 aromatic rings. The molecule has 0 saturated heterocycles. The van der Waals surface area contributed by atoms with Gasteiger partial charge in [-0.1, -0.05) is 31.2 Å². The molecule has 1 aliphatic rings. The second kappa shape index (κ2) is 6.07. The van der Waals surface area contributed by atoms with Crippen LogP contribution in [0.3, 0.4) is 0 Å². The molecular formula is C22H23NO2. The molecule has 3 nitrogen and oxygen atoms in total. The first-order valence-electron chi connectivity index (χ1n) is 8.96. The third kappa shape index (κ3) is 2.74. The number of fused-ring (bicyclic) bond motifs is 3. The van der Waals surface area contributed by atoms with Crippen molar-refractivity contribution in [2.45, 2.75) is 39.7 Å². The summed E-state index contributed by atoms with van der Waals surface area (Å²) in [5.41, 5.74) is 6.89. The molecule has 1 unspecified atom stereocenters. The molecule has 0 bridgehead atoms. The maximum absolute atomic E-state index is 11.4. The molecule has 1 N–H and O–H groups in total. The summed E-state index contributed by atoms with van der Waals surface area (Å²) in [6.45, 7) is 5.28. The predicted octanol–water partition coefficient (Wildman–Crippen LogP) is 4.82. The van der Waals surface area contributed by atoms with Gasteiger partial charge in [0.25, 0.3) is 0 Å². The summed E-state index contributed by atoms with van der Waals surface area (Å²) in [6, 6.07) is 14.1. The van der Waals surface area contributed by atoms with Gasteiger partial charge in [-0.25, -0.2) is 4.79 Å². The van der Waals surface area contributed by atoms with Gasteiger partial charge in [0.2, 0.25) is 0 Å². The molecule has 4 rings (SSSR count). The molecule has 1 atom stereocenters. The highest BCUT2D eigenvalue weighted by molar-refractivity contribution is 5.95. The zero-order chi connectivity index (χ0) is 17.6. The normalized spacial score (nSPS) is 16.8. The van der Waals surface area contributed by atoms with E-state index in [4.69, 9.17) is 0 Å². The summed E-state index contributed by atoms with van der Waals surface area (Å²) in [5, 5.41) is 10.5. The Labute approximate surface area is 147 Å². The van der Waals surface area contributed by atoms with Crippen LogP contribution in [-0.4, -0.2) is 15.6 Å². The summed E-state index contributed by atoms with van der Waals surface area (Å²) in [6.07, 6.45) is 3.30. The van der Waals surface area contributed by atoms with E-state index in [1.54, 1.807) is 6.07 Å². The Bertz CT molecular complexity index is 968. The van der Waals surface area contributed by atoms with Crippen LogP contribution < -0.4 is 0 Å². The van der Waals surface area contributed by atoms with Crippen molar-refractivity contribution in [3.63, 3.8) is 0 Å². The lowest BCUT2D eigenvalue weighted by molar-refractivity contribution is 0.0697. The fourth-order valence-corrected chi connectivity index (χ4v) is 4.10. The van der Waals surface area contributed by atoms with Gasteiger partial charge in [0.1, 0.15) is 0 Å². The van der Waals surface area contributed by atoms with Gasteiger partial charge in [-0.15, -0.1) is 0 Å². The Balaban J connectivity index is 1.91. The van der Waals surface area contributed by atoms with Crippen molar-refractivity contribution in [3.8, 4) is 0 Å². The number of carbonyl (C=O) groups is 1. The molecular weight excluding hydrogens is 310 g/mol. The molecule has 0 saturated carbocycles. The maximum atomic E-state index is 11.4. The lowest BCUT2D eigenvalue weighted by Crippen LogP contribution is -2.14. The average Bonchev–Trinajstić information content (AvgIpc) is 2.89. The van der Waals surface area contributed by atoms with Crippen molar-refractivity contribution in [2.24, 2.45) is 5.92 Å². The number of aromatic carboxylic acids is 1. The fraction of sp³-hybridized carbons (Fsp3) is 0.318. The molecule has 0 aliphatic heterocycles. The number of aryl methyl sites for hydroxylation is 1. The van der Waals surface area contributed by atoms with Crippen molar-refractivity contribution in [1.29, 1.82) is 0 Å². The van der Waals surface area contributed by atoms with Gasteiger partial charge in [-0.05, 0) is 67.0 Å². The minimum Gasteiger partial charge on any atom is -0.478 e. The topological polar surface area (TPSA) is 42.2 Å². The van der Waals surface area contributed by atoms with Gasteiger partial charge in [-0.2, -0.15) is 0 Å². The van der Waals surface area contributed by atoms with E-state index < -0.39 is 5.97 Å². The first kappa shape index (κ1) is 15.9. The van der Waals surface area contributed by atoms with E-state index in [1.165, 1.54) is 28.8 Å². The minimum atomic E-state index is -0.855. The van der Waals surface area contributed by atoms with Crippen molar-refractivity contribution >= 4 is 16.9 Å². The molecule has 1 heterocycles. The van der Waals surface area contributed by atoms with Gasteiger partial charge in [-0.3, -0.25) is 0 Å². The quantitative estimate of drug-likeness (QED) is 0.746. The molecule has 128 valence electrons. The molecule has 0 spiro atoms. The molecule has 0 fully saturated rings. The predicted molar refractivity (Wildman–Crippen MR) is 100 cm³/mol. The maximum Gasteiger partial charge on any atom is 0.335 e. The smallest absolute Gasteiger partial charge is 0.335 e. The molecule has 2 aromatic carbocycles. The van der Waals surface area contributed by atoms with Crippen LogP contribution in [0.5, 0.6) is 0 Å². The Hall–Kier alpha value is -2.55. The van der Waals surface area contributed by atoms with Crippen LogP contribution in [0.15, 0.2) is 42.5 Å². The van der Waals surface area contributed by atoms with E-state index in [0.717, 1.165) is 30.3 Å². The number of benzene rings is 2. The highest BCUT2D eigenvalue weighted by atomic mass is 16.4. The third-order valence-corrected chi connectivity index (χ3v) is 5.55. The number of hydrogen-bond donors (Lipinski definition) is 1.